The van der Waals surface area contributed by atoms with Gasteiger partial charge >= 0.3 is 6.03 Å². The van der Waals surface area contributed by atoms with Crippen molar-refractivity contribution in [2.45, 2.75) is 58.4 Å². The lowest BCUT2D eigenvalue weighted by Gasteiger charge is -2.27. The minimum atomic E-state index is 0.0107. The highest BCUT2D eigenvalue weighted by Gasteiger charge is 2.20. The molecular formula is C12H24N2O. The second-order valence-corrected chi connectivity index (χ2v) is 4.54. The maximum absolute atomic E-state index is 11.1. The van der Waals surface area contributed by atoms with E-state index in [0.717, 1.165) is 25.3 Å². The number of nitrogens with one attached hydrogen (secondary N) is 2. The van der Waals surface area contributed by atoms with Crippen LogP contribution >= 0.6 is 0 Å². The zero-order valence-corrected chi connectivity index (χ0v) is 10.0. The molecule has 0 radical (unpaired) electrons. The van der Waals surface area contributed by atoms with E-state index in [9.17, 15) is 4.79 Å². The maximum Gasteiger partial charge on any atom is 0.315 e. The molecule has 2 atom stereocenters. The summed E-state index contributed by atoms with van der Waals surface area (Å²) in [4.78, 5) is 11.1. The molecule has 3 heteroatoms. The standard InChI is InChI=1S/C12H24N2O/c1-3-5-6-10(4-2)9-11-7-8-13-12(15)14-11/h10-11H,3-9H2,1-2H3,(H2,13,14,15). The normalized spacial score (nSPS) is 23.1. The minimum absolute atomic E-state index is 0.0107. The molecule has 0 saturated carbocycles. The van der Waals surface area contributed by atoms with Crippen molar-refractivity contribution in [1.29, 1.82) is 0 Å². The average molecular weight is 212 g/mol. The molecule has 1 saturated heterocycles. The molecule has 2 amide bonds. The van der Waals surface area contributed by atoms with Gasteiger partial charge in [0, 0.05) is 12.6 Å². The molecule has 0 aromatic rings. The molecule has 2 unspecified atom stereocenters. The van der Waals surface area contributed by atoms with Crippen LogP contribution in [0.3, 0.4) is 0 Å². The summed E-state index contributed by atoms with van der Waals surface area (Å²) in [6.45, 7) is 5.32. The van der Waals surface area contributed by atoms with Crippen molar-refractivity contribution in [3.05, 3.63) is 0 Å². The van der Waals surface area contributed by atoms with Gasteiger partial charge in [-0.15, -0.1) is 0 Å². The van der Waals surface area contributed by atoms with Gasteiger partial charge in [-0.3, -0.25) is 0 Å². The fraction of sp³-hybridized carbons (Fsp3) is 0.917. The van der Waals surface area contributed by atoms with Crippen molar-refractivity contribution < 1.29 is 4.79 Å². The Morgan fingerprint density at radius 1 is 1.47 bits per heavy atom. The smallest absolute Gasteiger partial charge is 0.315 e. The van der Waals surface area contributed by atoms with Gasteiger partial charge in [-0.05, 0) is 18.8 Å². The van der Waals surface area contributed by atoms with E-state index < -0.39 is 0 Å². The van der Waals surface area contributed by atoms with Crippen molar-refractivity contribution >= 4 is 6.03 Å². The van der Waals surface area contributed by atoms with Gasteiger partial charge in [0.2, 0.25) is 0 Å². The van der Waals surface area contributed by atoms with Gasteiger partial charge in [0.1, 0.15) is 0 Å². The van der Waals surface area contributed by atoms with Gasteiger partial charge in [-0.1, -0.05) is 39.5 Å². The molecule has 0 aromatic carbocycles. The molecule has 88 valence electrons. The second kappa shape index (κ2) is 6.70. The Balaban J connectivity index is 2.26. The predicted molar refractivity (Wildman–Crippen MR) is 62.9 cm³/mol. The lowest BCUT2D eigenvalue weighted by atomic mass is 9.90. The van der Waals surface area contributed by atoms with E-state index in [0.29, 0.717) is 6.04 Å². The number of hydrogen-bond donors (Lipinski definition) is 2. The summed E-state index contributed by atoms with van der Waals surface area (Å²) in [6.07, 6.45) is 7.37. The van der Waals surface area contributed by atoms with Crippen LogP contribution in [0.25, 0.3) is 0 Å². The van der Waals surface area contributed by atoms with Gasteiger partial charge in [0.05, 0.1) is 0 Å². The molecule has 1 rings (SSSR count). The summed E-state index contributed by atoms with van der Waals surface area (Å²) < 4.78 is 0. The summed E-state index contributed by atoms with van der Waals surface area (Å²) in [5.74, 6) is 0.786. The number of rotatable bonds is 6. The van der Waals surface area contributed by atoms with Crippen LogP contribution in [0.15, 0.2) is 0 Å². The molecule has 3 nitrogen and oxygen atoms in total. The van der Waals surface area contributed by atoms with Gasteiger partial charge in [0.15, 0.2) is 0 Å². The van der Waals surface area contributed by atoms with Crippen LogP contribution in [0.5, 0.6) is 0 Å². The molecule has 0 aromatic heterocycles. The number of carbonyl (C=O) groups is 1. The first-order chi connectivity index (χ1) is 7.26. The zero-order valence-electron chi connectivity index (χ0n) is 10.0. The van der Waals surface area contributed by atoms with E-state index in [2.05, 4.69) is 24.5 Å². The third-order valence-corrected chi connectivity index (χ3v) is 3.27. The van der Waals surface area contributed by atoms with Crippen LogP contribution in [-0.2, 0) is 0 Å². The maximum atomic E-state index is 11.1. The van der Waals surface area contributed by atoms with Crippen molar-refractivity contribution in [2.24, 2.45) is 5.92 Å². The summed E-state index contributed by atoms with van der Waals surface area (Å²) in [5.41, 5.74) is 0. The van der Waals surface area contributed by atoms with E-state index in [1.54, 1.807) is 0 Å². The van der Waals surface area contributed by atoms with E-state index >= 15 is 0 Å². The van der Waals surface area contributed by atoms with Crippen LogP contribution < -0.4 is 10.6 Å². The predicted octanol–water partition coefficient (Wildman–Crippen LogP) is 2.66. The number of carbonyl (C=O) groups excluding carboxylic acids is 1. The van der Waals surface area contributed by atoms with E-state index in [1.807, 2.05) is 0 Å². The Morgan fingerprint density at radius 2 is 2.27 bits per heavy atom. The molecule has 2 N–H and O–H groups in total. The van der Waals surface area contributed by atoms with Crippen LogP contribution in [0, 0.1) is 5.92 Å². The monoisotopic (exact) mass is 212 g/mol. The first-order valence-corrected chi connectivity index (χ1v) is 6.30. The van der Waals surface area contributed by atoms with Crippen molar-refractivity contribution in [3.8, 4) is 0 Å². The molecule has 1 fully saturated rings. The van der Waals surface area contributed by atoms with Gasteiger partial charge in [0.25, 0.3) is 0 Å². The number of unbranched alkanes of at least 4 members (excludes halogenated alkanes) is 1. The van der Waals surface area contributed by atoms with Gasteiger partial charge < -0.3 is 10.6 Å². The highest BCUT2D eigenvalue weighted by atomic mass is 16.2. The summed E-state index contributed by atoms with van der Waals surface area (Å²) in [5, 5.41) is 5.80. The van der Waals surface area contributed by atoms with Crippen LogP contribution in [-0.4, -0.2) is 18.6 Å². The Morgan fingerprint density at radius 3 is 2.87 bits per heavy atom. The summed E-state index contributed by atoms with van der Waals surface area (Å²) >= 11 is 0. The third kappa shape index (κ3) is 4.54. The Kier molecular flexibility index (Phi) is 5.51. The Bertz CT molecular complexity index is 194. The highest BCUT2D eigenvalue weighted by molar-refractivity contribution is 5.74. The fourth-order valence-electron chi connectivity index (χ4n) is 2.23. The van der Waals surface area contributed by atoms with E-state index in [-0.39, 0.29) is 6.03 Å². The molecular weight excluding hydrogens is 188 g/mol. The lowest BCUT2D eigenvalue weighted by molar-refractivity contribution is 0.222. The minimum Gasteiger partial charge on any atom is -0.338 e. The summed E-state index contributed by atoms with van der Waals surface area (Å²) in [6, 6.07) is 0.414. The largest absolute Gasteiger partial charge is 0.338 e. The second-order valence-electron chi connectivity index (χ2n) is 4.54. The van der Waals surface area contributed by atoms with Crippen LogP contribution in [0.2, 0.25) is 0 Å². The molecule has 0 spiro atoms. The van der Waals surface area contributed by atoms with Gasteiger partial charge in [-0.25, -0.2) is 4.79 Å². The SMILES string of the molecule is CCCCC(CC)CC1CCNC(=O)N1. The Labute approximate surface area is 93.0 Å². The quantitative estimate of drug-likeness (QED) is 0.698. The van der Waals surface area contributed by atoms with Crippen molar-refractivity contribution in [2.75, 3.05) is 6.54 Å². The van der Waals surface area contributed by atoms with Gasteiger partial charge in [-0.2, -0.15) is 0 Å². The topological polar surface area (TPSA) is 41.1 Å². The molecule has 1 aliphatic rings. The molecule has 1 aliphatic heterocycles. The Hall–Kier alpha value is -0.730. The number of amides is 2. The zero-order chi connectivity index (χ0) is 11.1. The molecule has 1 heterocycles. The third-order valence-electron chi connectivity index (χ3n) is 3.27. The number of urea groups is 1. The molecule has 15 heavy (non-hydrogen) atoms. The van der Waals surface area contributed by atoms with Crippen molar-refractivity contribution in [1.82, 2.24) is 10.6 Å². The summed E-state index contributed by atoms with van der Waals surface area (Å²) in [7, 11) is 0. The highest BCUT2D eigenvalue weighted by Crippen LogP contribution is 2.20. The van der Waals surface area contributed by atoms with E-state index in [4.69, 9.17) is 0 Å². The van der Waals surface area contributed by atoms with Crippen LogP contribution in [0.4, 0.5) is 4.79 Å². The fourth-order valence-corrected chi connectivity index (χ4v) is 2.23. The molecule has 0 bridgehead atoms. The van der Waals surface area contributed by atoms with Crippen molar-refractivity contribution in [3.63, 3.8) is 0 Å². The lowest BCUT2D eigenvalue weighted by Crippen LogP contribution is -2.49. The van der Waals surface area contributed by atoms with Crippen LogP contribution in [0.1, 0.15) is 52.4 Å². The first-order valence-electron chi connectivity index (χ1n) is 6.30. The average Bonchev–Trinajstić information content (AvgIpc) is 2.24. The molecule has 0 aliphatic carbocycles. The first kappa shape index (κ1) is 12.3. The van der Waals surface area contributed by atoms with E-state index in [1.165, 1.54) is 25.7 Å². The number of hydrogen-bond acceptors (Lipinski definition) is 1.